The molecule has 2 rings (SSSR count). The van der Waals surface area contributed by atoms with Gasteiger partial charge in [0.15, 0.2) is 0 Å². The summed E-state index contributed by atoms with van der Waals surface area (Å²) in [6, 6.07) is 6.38. The van der Waals surface area contributed by atoms with Crippen molar-refractivity contribution >= 4 is 23.2 Å². The average Bonchev–Trinajstić information content (AvgIpc) is 3.03. The van der Waals surface area contributed by atoms with Crippen LogP contribution in [0, 0.1) is 5.41 Å². The Hall–Kier alpha value is -0.240. The highest BCUT2D eigenvalue weighted by Crippen LogP contribution is 2.54. The van der Waals surface area contributed by atoms with E-state index >= 15 is 0 Å². The van der Waals surface area contributed by atoms with Gasteiger partial charge in [-0.1, -0.05) is 43.1 Å². The quantitative estimate of drug-likeness (QED) is 0.809. The number of hydrogen-bond acceptors (Lipinski definition) is 1. The third-order valence-corrected chi connectivity index (χ3v) is 4.35. The van der Waals surface area contributed by atoms with Gasteiger partial charge in [-0.3, -0.25) is 0 Å². The lowest BCUT2D eigenvalue weighted by Gasteiger charge is -2.25. The molecule has 1 atom stereocenters. The van der Waals surface area contributed by atoms with Crippen molar-refractivity contribution in [2.24, 2.45) is 5.41 Å². The van der Waals surface area contributed by atoms with E-state index in [-0.39, 0.29) is 0 Å². The van der Waals surface area contributed by atoms with Crippen molar-refractivity contribution < 1.29 is 0 Å². The molecule has 0 amide bonds. The molecular formula is C14H19Cl2N. The standard InChI is InChI=1S/C14H19Cl2N/c1-3-8-17-13(14(2)6-7-14)10-4-5-11(15)12(16)9-10/h4-5,9,13,17H,3,6-8H2,1-2H3. The van der Waals surface area contributed by atoms with Crippen LogP contribution in [0.25, 0.3) is 0 Å². The third-order valence-electron chi connectivity index (χ3n) is 3.61. The Morgan fingerprint density at radius 3 is 2.53 bits per heavy atom. The Kier molecular flexibility index (Phi) is 4.02. The van der Waals surface area contributed by atoms with Crippen molar-refractivity contribution in [2.75, 3.05) is 6.54 Å². The Bertz CT molecular complexity index is 399. The highest BCUT2D eigenvalue weighted by atomic mass is 35.5. The fourth-order valence-corrected chi connectivity index (χ4v) is 2.54. The highest BCUT2D eigenvalue weighted by molar-refractivity contribution is 6.42. The van der Waals surface area contributed by atoms with Gasteiger partial charge in [0.1, 0.15) is 0 Å². The molecule has 1 N–H and O–H groups in total. The Labute approximate surface area is 114 Å². The zero-order valence-corrected chi connectivity index (χ0v) is 11.9. The average molecular weight is 272 g/mol. The van der Waals surface area contributed by atoms with Crippen molar-refractivity contribution in [2.45, 2.75) is 39.2 Å². The maximum absolute atomic E-state index is 6.10. The van der Waals surface area contributed by atoms with Gasteiger partial charge in [-0.15, -0.1) is 0 Å². The van der Waals surface area contributed by atoms with E-state index < -0.39 is 0 Å². The maximum Gasteiger partial charge on any atom is 0.0595 e. The topological polar surface area (TPSA) is 12.0 Å². The fourth-order valence-electron chi connectivity index (χ4n) is 2.23. The van der Waals surface area contributed by atoms with Crippen LogP contribution in [0.5, 0.6) is 0 Å². The molecule has 1 aliphatic rings. The van der Waals surface area contributed by atoms with E-state index in [9.17, 15) is 0 Å². The minimum atomic E-state index is 0.395. The number of halogens is 2. The fraction of sp³-hybridized carbons (Fsp3) is 0.571. The molecule has 1 saturated carbocycles. The van der Waals surface area contributed by atoms with Crippen molar-refractivity contribution in [3.8, 4) is 0 Å². The molecule has 0 aromatic heterocycles. The minimum Gasteiger partial charge on any atom is -0.309 e. The predicted octanol–water partition coefficient (Wildman–Crippen LogP) is 4.83. The van der Waals surface area contributed by atoms with Crippen LogP contribution in [0.4, 0.5) is 0 Å². The zero-order chi connectivity index (χ0) is 12.5. The second kappa shape index (κ2) is 5.17. The summed E-state index contributed by atoms with van der Waals surface area (Å²) in [6.45, 7) is 5.57. The number of rotatable bonds is 5. The van der Waals surface area contributed by atoms with Gasteiger partial charge in [-0.05, 0) is 48.9 Å². The van der Waals surface area contributed by atoms with Crippen LogP contribution >= 0.6 is 23.2 Å². The summed E-state index contributed by atoms with van der Waals surface area (Å²) < 4.78 is 0. The van der Waals surface area contributed by atoms with Gasteiger partial charge in [-0.25, -0.2) is 0 Å². The molecule has 3 heteroatoms. The molecule has 1 aromatic carbocycles. The molecule has 94 valence electrons. The first-order valence-corrected chi connectivity index (χ1v) is 7.01. The molecule has 1 aromatic rings. The predicted molar refractivity (Wildman–Crippen MR) is 74.8 cm³/mol. The number of nitrogens with one attached hydrogen (secondary N) is 1. The summed E-state index contributed by atoms with van der Waals surface area (Å²) in [5.74, 6) is 0. The number of hydrogen-bond donors (Lipinski definition) is 1. The lowest BCUT2D eigenvalue weighted by atomic mass is 9.91. The Morgan fingerprint density at radius 2 is 2.00 bits per heavy atom. The smallest absolute Gasteiger partial charge is 0.0595 e. The largest absolute Gasteiger partial charge is 0.309 e. The van der Waals surface area contributed by atoms with Crippen LogP contribution in [-0.2, 0) is 0 Å². The molecule has 0 aliphatic heterocycles. The van der Waals surface area contributed by atoms with E-state index in [1.165, 1.54) is 18.4 Å². The number of benzene rings is 1. The Balaban J connectivity index is 2.22. The van der Waals surface area contributed by atoms with Crippen molar-refractivity contribution in [3.05, 3.63) is 33.8 Å². The Morgan fingerprint density at radius 1 is 1.29 bits per heavy atom. The lowest BCUT2D eigenvalue weighted by Crippen LogP contribution is -2.28. The second-order valence-corrected chi connectivity index (χ2v) is 6.03. The lowest BCUT2D eigenvalue weighted by molar-refractivity contribution is 0.367. The van der Waals surface area contributed by atoms with E-state index in [1.807, 2.05) is 12.1 Å². The van der Waals surface area contributed by atoms with Crippen LogP contribution in [0.1, 0.15) is 44.7 Å². The van der Waals surface area contributed by atoms with Crippen LogP contribution in [-0.4, -0.2) is 6.54 Å². The summed E-state index contributed by atoms with van der Waals surface area (Å²) in [6.07, 6.45) is 3.72. The summed E-state index contributed by atoms with van der Waals surface area (Å²) in [5.41, 5.74) is 1.65. The van der Waals surface area contributed by atoms with Gasteiger partial charge in [0.25, 0.3) is 0 Å². The first kappa shape index (κ1) is 13.2. The van der Waals surface area contributed by atoms with E-state index in [2.05, 4.69) is 25.2 Å². The molecule has 1 nitrogen and oxygen atoms in total. The third kappa shape index (κ3) is 2.96. The summed E-state index contributed by atoms with van der Waals surface area (Å²) in [5, 5.41) is 4.91. The summed E-state index contributed by atoms with van der Waals surface area (Å²) >= 11 is 12.1. The second-order valence-electron chi connectivity index (χ2n) is 5.21. The maximum atomic E-state index is 6.10. The summed E-state index contributed by atoms with van der Waals surface area (Å²) in [4.78, 5) is 0. The van der Waals surface area contributed by atoms with Crippen LogP contribution in [0.3, 0.4) is 0 Å². The SMILES string of the molecule is CCCNC(c1ccc(Cl)c(Cl)c1)C1(C)CC1. The molecular weight excluding hydrogens is 253 g/mol. The molecule has 1 aliphatic carbocycles. The normalized spacial score (nSPS) is 19.1. The van der Waals surface area contributed by atoms with Gasteiger partial charge < -0.3 is 5.32 Å². The summed E-state index contributed by atoms with van der Waals surface area (Å²) in [7, 11) is 0. The van der Waals surface area contributed by atoms with E-state index in [4.69, 9.17) is 23.2 Å². The van der Waals surface area contributed by atoms with Crippen LogP contribution < -0.4 is 5.32 Å². The molecule has 0 bridgehead atoms. The molecule has 0 saturated heterocycles. The zero-order valence-electron chi connectivity index (χ0n) is 10.4. The van der Waals surface area contributed by atoms with E-state index in [0.29, 0.717) is 21.5 Å². The van der Waals surface area contributed by atoms with Crippen LogP contribution in [0.2, 0.25) is 10.0 Å². The van der Waals surface area contributed by atoms with Gasteiger partial charge >= 0.3 is 0 Å². The minimum absolute atomic E-state index is 0.395. The van der Waals surface area contributed by atoms with Gasteiger partial charge in [0.2, 0.25) is 0 Å². The van der Waals surface area contributed by atoms with Gasteiger partial charge in [-0.2, -0.15) is 0 Å². The monoisotopic (exact) mass is 271 g/mol. The molecule has 1 fully saturated rings. The van der Waals surface area contributed by atoms with Crippen molar-refractivity contribution in [1.29, 1.82) is 0 Å². The molecule has 0 radical (unpaired) electrons. The van der Waals surface area contributed by atoms with Crippen LogP contribution in [0.15, 0.2) is 18.2 Å². The van der Waals surface area contributed by atoms with Crippen molar-refractivity contribution in [1.82, 2.24) is 5.32 Å². The molecule has 0 heterocycles. The first-order chi connectivity index (χ1) is 8.07. The van der Waals surface area contributed by atoms with Crippen molar-refractivity contribution in [3.63, 3.8) is 0 Å². The molecule has 17 heavy (non-hydrogen) atoms. The molecule has 0 spiro atoms. The van der Waals surface area contributed by atoms with Gasteiger partial charge in [0, 0.05) is 6.04 Å². The van der Waals surface area contributed by atoms with E-state index in [1.54, 1.807) is 0 Å². The first-order valence-electron chi connectivity index (χ1n) is 6.25. The highest BCUT2D eigenvalue weighted by Gasteiger charge is 2.45. The molecule has 1 unspecified atom stereocenters. The van der Waals surface area contributed by atoms with Gasteiger partial charge in [0.05, 0.1) is 10.0 Å². The van der Waals surface area contributed by atoms with E-state index in [0.717, 1.165) is 13.0 Å².